The molecule has 0 saturated carbocycles. The Balaban J connectivity index is 0.00000173. The van der Waals surface area contributed by atoms with E-state index in [1.54, 1.807) is 12.1 Å². The van der Waals surface area contributed by atoms with Crippen LogP contribution < -0.4 is 20.4 Å². The van der Waals surface area contributed by atoms with Gasteiger partial charge in [-0.1, -0.05) is 57.6 Å². The first-order chi connectivity index (χ1) is 31.6. The van der Waals surface area contributed by atoms with Crippen LogP contribution in [0, 0.1) is 0 Å². The number of hydrogen-bond acceptors (Lipinski definition) is 22. The molecule has 0 aliphatic carbocycles. The molecule has 0 unspecified atom stereocenters. The van der Waals surface area contributed by atoms with Gasteiger partial charge in [-0.05, 0) is 94.4 Å². The maximum Gasteiger partial charge on any atom is 0.425 e. The summed E-state index contributed by atoms with van der Waals surface area (Å²) in [6, 6.07) is 19.5. The van der Waals surface area contributed by atoms with Crippen LogP contribution in [-0.4, -0.2) is 94.2 Å². The van der Waals surface area contributed by atoms with Crippen molar-refractivity contribution in [1.29, 1.82) is 0 Å². The third kappa shape index (κ3) is 13.1. The van der Waals surface area contributed by atoms with Crippen LogP contribution in [0.2, 0.25) is 10.0 Å². The molecule has 3 aromatic heterocycles. The Labute approximate surface area is 402 Å². The molecule has 0 radical (unpaired) electrons. The second-order valence-electron chi connectivity index (χ2n) is 13.3. The van der Waals surface area contributed by atoms with Crippen LogP contribution in [0.4, 0.5) is 56.3 Å². The fourth-order valence-electron chi connectivity index (χ4n) is 6.18. The Bertz CT molecular complexity index is 3150. The van der Waals surface area contributed by atoms with E-state index in [1.165, 1.54) is 35.2 Å². The van der Waals surface area contributed by atoms with Gasteiger partial charge in [0.25, 0.3) is 10.1 Å². The second kappa shape index (κ2) is 22.8. The quantitative estimate of drug-likeness (QED) is 0.0353. The van der Waals surface area contributed by atoms with Crippen LogP contribution in [-0.2, 0) is 20.7 Å². The maximum absolute atomic E-state index is 11.8. The van der Waals surface area contributed by atoms with Gasteiger partial charge in [0.2, 0.25) is 22.2 Å². The van der Waals surface area contributed by atoms with Crippen LogP contribution >= 0.6 is 57.6 Å². The lowest BCUT2D eigenvalue weighted by Gasteiger charge is -2.22. The Hall–Kier alpha value is -5.51. The number of nitrogens with zero attached hydrogens (tertiary/aromatic N) is 11. The van der Waals surface area contributed by atoms with E-state index < -0.39 is 25.6 Å². The van der Waals surface area contributed by atoms with Gasteiger partial charge in [-0.15, -0.1) is 33.1 Å². The van der Waals surface area contributed by atoms with Crippen LogP contribution in [0.5, 0.6) is 0 Å². The topological polar surface area (TPSA) is 270 Å². The molecule has 0 aliphatic heterocycles. The third-order valence-electron chi connectivity index (χ3n) is 9.18. The molecule has 0 spiro atoms. The van der Waals surface area contributed by atoms with E-state index in [1.807, 2.05) is 42.5 Å². The number of halogens is 2. The van der Waals surface area contributed by atoms with Gasteiger partial charge in [-0.2, -0.15) is 23.4 Å². The summed E-state index contributed by atoms with van der Waals surface area (Å²) in [5.41, 5.74) is 4.94. The molecule has 0 aliphatic rings. The number of aliphatic hydroxyl groups excluding tert-OH is 1. The van der Waals surface area contributed by atoms with Gasteiger partial charge < -0.3 is 25.5 Å². The van der Waals surface area contributed by atoms with Crippen LogP contribution in [0.1, 0.15) is 27.7 Å². The molecule has 27 heteroatoms. The summed E-state index contributed by atoms with van der Waals surface area (Å²) in [5.74, 6) is 0.717. The van der Waals surface area contributed by atoms with Gasteiger partial charge >= 0.3 is 10.6 Å². The summed E-state index contributed by atoms with van der Waals surface area (Å²) in [6.07, 6.45) is 0. The highest BCUT2D eigenvalue weighted by Crippen LogP contribution is 2.39. The van der Waals surface area contributed by atoms with Crippen LogP contribution in [0.15, 0.2) is 97.2 Å². The van der Waals surface area contributed by atoms with Crippen molar-refractivity contribution >= 4 is 155 Å². The normalized spacial score (nSPS) is 11.6. The summed E-state index contributed by atoms with van der Waals surface area (Å²) in [6.45, 7) is 11.2. The third-order valence-corrected chi connectivity index (χ3v) is 13.4. The lowest BCUT2D eigenvalue weighted by molar-refractivity contribution is 0.322. The summed E-state index contributed by atoms with van der Waals surface area (Å²) in [4.78, 5) is 27.1. The average Bonchev–Trinajstić information content (AvgIpc) is 3.87. The predicted octanol–water partition coefficient (Wildman–Crippen LogP) is 10.7. The first kappa shape index (κ1) is 49.9. The highest BCUT2D eigenvalue weighted by molar-refractivity contribution is 7.99. The van der Waals surface area contributed by atoms with E-state index in [0.29, 0.717) is 48.5 Å². The van der Waals surface area contributed by atoms with Gasteiger partial charge in [0.05, 0.1) is 43.4 Å². The minimum atomic E-state index is -4.56. The number of thioether (sulfide) groups is 1. The first-order valence-electron chi connectivity index (χ1n) is 19.7. The minimum Gasteiger partial charge on any atom is -0.396 e. The van der Waals surface area contributed by atoms with E-state index >= 15 is 0 Å². The van der Waals surface area contributed by atoms with Gasteiger partial charge in [-0.25, -0.2) is 9.97 Å². The van der Waals surface area contributed by atoms with E-state index in [9.17, 15) is 18.1 Å². The Morgan fingerprint density at radius 1 is 0.682 bits per heavy atom. The van der Waals surface area contributed by atoms with Crippen molar-refractivity contribution < 1.29 is 30.7 Å². The molecule has 7 rings (SSSR count). The SMILES string of the molecule is CCN(CC)c1ccc(N=Nc2nc3ccc(Cl)cc3s2)c(Nc2nc(Nc3cc(N(CC)CC)ccc3N=Nc3nc4cc(S(=O)(=O)O)c(Cl)cc4s3)nc(SCCO)n2)c1.O=S(=O)=O. The first-order valence-corrected chi connectivity index (χ1v) is 25.5. The molecule has 20 nitrogen and oxygen atoms in total. The molecule has 0 bridgehead atoms. The molecule has 0 fully saturated rings. The van der Waals surface area contributed by atoms with Crippen molar-refractivity contribution in [1.82, 2.24) is 24.9 Å². The van der Waals surface area contributed by atoms with E-state index in [-0.39, 0.29) is 34.2 Å². The Morgan fingerprint density at radius 2 is 1.18 bits per heavy atom. The lowest BCUT2D eigenvalue weighted by Crippen LogP contribution is -2.21. The zero-order valence-corrected chi connectivity index (χ0v) is 40.8. The molecule has 4 N–H and O–H groups in total. The van der Waals surface area contributed by atoms with E-state index in [4.69, 9.17) is 40.8 Å². The van der Waals surface area contributed by atoms with Crippen LogP contribution in [0.3, 0.4) is 0 Å². The number of thiazole rings is 2. The number of azo groups is 2. The molecule has 7 aromatic rings. The van der Waals surface area contributed by atoms with Crippen molar-refractivity contribution in [3.8, 4) is 0 Å². The maximum atomic E-state index is 11.8. The van der Waals surface area contributed by atoms with Crippen molar-refractivity contribution in [2.45, 2.75) is 37.7 Å². The molecule has 346 valence electrons. The number of aromatic nitrogens is 5. The molecular weight excluding hydrogens is 994 g/mol. The standard InChI is InChI=1S/C39H39Cl2N13O4S4.O3S/c1-5-53(6-2)23-10-13-26(49-51-38-44-28-12-9-22(40)17-32(28)60-38)29(18-23)42-35-46-36(48-37(47-35)59-16-15-55)43-30-19-24(54(7-3)8-4)11-14-27(30)50-52-39-45-31-21-34(62(56,57)58)25(41)20-33(31)61-39;1-4(2)3/h9-14,17-21,55H,5-8,15-16H2,1-4H3,(H,56,57,58)(H2,42,43,46,47,48);. The van der Waals surface area contributed by atoms with Crippen molar-refractivity contribution in [2.75, 3.05) is 59.0 Å². The molecule has 0 atom stereocenters. The van der Waals surface area contributed by atoms with Gasteiger partial charge in [0.15, 0.2) is 5.16 Å². The molecule has 0 saturated heterocycles. The monoisotopic (exact) mass is 1030 g/mol. The number of aliphatic hydroxyl groups is 1. The van der Waals surface area contributed by atoms with Gasteiger partial charge in [-0.3, -0.25) is 4.55 Å². The highest BCUT2D eigenvalue weighted by Gasteiger charge is 2.19. The number of rotatable bonds is 18. The summed E-state index contributed by atoms with van der Waals surface area (Å²) in [7, 11) is -7.68. The molecule has 3 heterocycles. The van der Waals surface area contributed by atoms with Gasteiger partial charge in [0.1, 0.15) is 16.3 Å². The second-order valence-corrected chi connectivity index (χ2v) is 19.0. The predicted molar refractivity (Wildman–Crippen MR) is 261 cm³/mol. The molecule has 0 amide bonds. The Morgan fingerprint density at radius 3 is 1.67 bits per heavy atom. The smallest absolute Gasteiger partial charge is 0.396 e. The summed E-state index contributed by atoms with van der Waals surface area (Å²) < 4.78 is 60.1. The number of benzene rings is 4. The van der Waals surface area contributed by atoms with Crippen molar-refractivity contribution in [3.05, 3.63) is 76.8 Å². The number of hydrogen-bond donors (Lipinski definition) is 4. The fraction of sp³-hybridized carbons (Fsp3) is 0.256. The zero-order chi connectivity index (χ0) is 47.5. The number of fused-ring (bicyclic) bond motifs is 2. The molecule has 66 heavy (non-hydrogen) atoms. The van der Waals surface area contributed by atoms with Gasteiger partial charge in [0, 0.05) is 48.3 Å². The fourth-order valence-corrected chi connectivity index (χ4v) is 9.72. The summed E-state index contributed by atoms with van der Waals surface area (Å²) in [5, 5.41) is 35.9. The highest BCUT2D eigenvalue weighted by atomic mass is 35.5. The lowest BCUT2D eigenvalue weighted by atomic mass is 10.2. The minimum absolute atomic E-state index is 0.0954. The number of nitrogens with one attached hydrogen (secondary N) is 2. The van der Waals surface area contributed by atoms with E-state index in [0.717, 1.165) is 59.1 Å². The van der Waals surface area contributed by atoms with Crippen molar-refractivity contribution in [3.63, 3.8) is 0 Å². The number of anilines is 6. The molecular formula is C39H39Cl2N13O7S5. The molecule has 4 aromatic carbocycles. The summed E-state index contributed by atoms with van der Waals surface area (Å²) >= 11 is 16.1. The van der Waals surface area contributed by atoms with E-state index in [2.05, 4.69) is 88.5 Å². The largest absolute Gasteiger partial charge is 0.425 e. The Kier molecular flexibility index (Phi) is 17.2. The average molecular weight is 1030 g/mol. The van der Waals surface area contributed by atoms with Crippen LogP contribution in [0.25, 0.3) is 20.4 Å². The van der Waals surface area contributed by atoms with Crippen molar-refractivity contribution in [2.24, 2.45) is 20.5 Å². The zero-order valence-electron chi connectivity index (χ0n) is 35.2.